The largest absolute Gasteiger partial charge is 0.394 e. The summed E-state index contributed by atoms with van der Waals surface area (Å²) in [7, 11) is 1.82. The van der Waals surface area contributed by atoms with Gasteiger partial charge in [-0.05, 0) is 0 Å². The molecule has 1 aliphatic rings. The zero-order chi connectivity index (χ0) is 11.4. The molecule has 2 rings (SSSR count). The average Bonchev–Trinajstić information content (AvgIpc) is 2.39. The quantitative estimate of drug-likeness (QED) is 0.735. The standard InChI is InChI=1S/C10H16N4O2/c1-11-9-4-10(13-7-12-9)14-2-3-16-8(5-14)6-15/h4,7-8,15H,2-3,5-6H2,1H3,(H,11,12,13). The number of nitrogens with one attached hydrogen (secondary N) is 1. The smallest absolute Gasteiger partial charge is 0.134 e. The molecule has 0 bridgehead atoms. The molecule has 6 heteroatoms. The highest BCUT2D eigenvalue weighted by Gasteiger charge is 2.20. The molecular formula is C10H16N4O2. The molecule has 1 unspecified atom stereocenters. The summed E-state index contributed by atoms with van der Waals surface area (Å²) in [6.45, 7) is 2.11. The summed E-state index contributed by atoms with van der Waals surface area (Å²) >= 11 is 0. The van der Waals surface area contributed by atoms with Crippen molar-refractivity contribution < 1.29 is 9.84 Å². The van der Waals surface area contributed by atoms with Crippen LogP contribution < -0.4 is 10.2 Å². The first-order valence-electron chi connectivity index (χ1n) is 5.30. The van der Waals surface area contributed by atoms with Crippen LogP contribution in [-0.2, 0) is 4.74 Å². The lowest BCUT2D eigenvalue weighted by Crippen LogP contribution is -2.44. The number of anilines is 2. The van der Waals surface area contributed by atoms with Gasteiger partial charge in [0.25, 0.3) is 0 Å². The van der Waals surface area contributed by atoms with Gasteiger partial charge >= 0.3 is 0 Å². The van der Waals surface area contributed by atoms with E-state index >= 15 is 0 Å². The number of aromatic nitrogens is 2. The van der Waals surface area contributed by atoms with Crippen LogP contribution in [0.25, 0.3) is 0 Å². The Labute approximate surface area is 94.3 Å². The van der Waals surface area contributed by atoms with Gasteiger partial charge in [-0.3, -0.25) is 0 Å². The van der Waals surface area contributed by atoms with Gasteiger partial charge in [-0.15, -0.1) is 0 Å². The summed E-state index contributed by atoms with van der Waals surface area (Å²) < 4.78 is 5.38. The third kappa shape index (κ3) is 2.40. The lowest BCUT2D eigenvalue weighted by molar-refractivity contribution is 0.00336. The Morgan fingerprint density at radius 3 is 3.25 bits per heavy atom. The molecule has 2 heterocycles. The SMILES string of the molecule is CNc1cc(N2CCOC(CO)C2)ncn1. The number of nitrogens with zero attached hydrogens (tertiary/aromatic N) is 3. The molecule has 1 atom stereocenters. The van der Waals surface area contributed by atoms with E-state index in [0.717, 1.165) is 18.2 Å². The number of hydrogen-bond donors (Lipinski definition) is 2. The Bertz CT molecular complexity index is 347. The Morgan fingerprint density at radius 2 is 2.50 bits per heavy atom. The zero-order valence-corrected chi connectivity index (χ0v) is 9.26. The van der Waals surface area contributed by atoms with Gasteiger partial charge in [0.1, 0.15) is 18.0 Å². The lowest BCUT2D eigenvalue weighted by atomic mass is 10.3. The summed E-state index contributed by atoms with van der Waals surface area (Å²) in [5.41, 5.74) is 0. The summed E-state index contributed by atoms with van der Waals surface area (Å²) in [4.78, 5) is 10.4. The molecule has 0 spiro atoms. The molecule has 0 saturated carbocycles. The van der Waals surface area contributed by atoms with E-state index in [1.807, 2.05) is 13.1 Å². The Hall–Kier alpha value is -1.40. The van der Waals surface area contributed by atoms with Crippen LogP contribution in [0.3, 0.4) is 0 Å². The summed E-state index contributed by atoms with van der Waals surface area (Å²) in [5.74, 6) is 1.65. The zero-order valence-electron chi connectivity index (χ0n) is 9.26. The molecule has 1 aromatic rings. The first-order valence-corrected chi connectivity index (χ1v) is 5.30. The van der Waals surface area contributed by atoms with Crippen molar-refractivity contribution in [2.45, 2.75) is 6.10 Å². The van der Waals surface area contributed by atoms with E-state index in [-0.39, 0.29) is 12.7 Å². The van der Waals surface area contributed by atoms with E-state index in [1.54, 1.807) is 0 Å². The van der Waals surface area contributed by atoms with Crippen LogP contribution in [0.2, 0.25) is 0 Å². The first kappa shape index (κ1) is 11.1. The van der Waals surface area contributed by atoms with E-state index in [1.165, 1.54) is 6.33 Å². The number of aliphatic hydroxyl groups excluding tert-OH is 1. The van der Waals surface area contributed by atoms with Gasteiger partial charge in [-0.25, -0.2) is 9.97 Å². The molecule has 1 aliphatic heterocycles. The number of rotatable bonds is 3. The fourth-order valence-corrected chi connectivity index (χ4v) is 1.69. The minimum Gasteiger partial charge on any atom is -0.394 e. The predicted octanol–water partition coefficient (Wildman–Crippen LogP) is -0.284. The van der Waals surface area contributed by atoms with E-state index in [9.17, 15) is 0 Å². The van der Waals surface area contributed by atoms with Crippen molar-refractivity contribution in [2.75, 3.05) is 43.6 Å². The van der Waals surface area contributed by atoms with E-state index in [0.29, 0.717) is 13.2 Å². The maximum absolute atomic E-state index is 9.06. The molecule has 0 amide bonds. The monoisotopic (exact) mass is 224 g/mol. The number of ether oxygens (including phenoxy) is 1. The van der Waals surface area contributed by atoms with Crippen molar-refractivity contribution in [3.05, 3.63) is 12.4 Å². The van der Waals surface area contributed by atoms with Crippen molar-refractivity contribution in [2.24, 2.45) is 0 Å². The predicted molar refractivity (Wildman–Crippen MR) is 60.6 cm³/mol. The maximum Gasteiger partial charge on any atom is 0.134 e. The fraction of sp³-hybridized carbons (Fsp3) is 0.600. The molecule has 0 aromatic carbocycles. The topological polar surface area (TPSA) is 70.5 Å². The van der Waals surface area contributed by atoms with Crippen molar-refractivity contribution in [3.8, 4) is 0 Å². The van der Waals surface area contributed by atoms with Gasteiger partial charge in [0.2, 0.25) is 0 Å². The van der Waals surface area contributed by atoms with Crippen LogP contribution in [0.1, 0.15) is 0 Å². The number of morpholine rings is 1. The summed E-state index contributed by atoms with van der Waals surface area (Å²) in [6.07, 6.45) is 1.41. The molecule has 1 aromatic heterocycles. The second-order valence-corrected chi connectivity index (χ2v) is 3.63. The number of hydrogen-bond acceptors (Lipinski definition) is 6. The van der Waals surface area contributed by atoms with Gasteiger partial charge in [-0.1, -0.05) is 0 Å². The third-order valence-corrected chi connectivity index (χ3v) is 2.58. The van der Waals surface area contributed by atoms with Crippen LogP contribution >= 0.6 is 0 Å². The lowest BCUT2D eigenvalue weighted by Gasteiger charge is -2.32. The molecule has 0 aliphatic carbocycles. The Morgan fingerprint density at radius 1 is 1.62 bits per heavy atom. The van der Waals surface area contributed by atoms with Gasteiger partial charge in [0.05, 0.1) is 19.3 Å². The summed E-state index contributed by atoms with van der Waals surface area (Å²) in [5, 5.41) is 12.0. The van der Waals surface area contributed by atoms with E-state index in [2.05, 4.69) is 20.2 Å². The highest BCUT2D eigenvalue weighted by molar-refractivity contribution is 5.48. The molecule has 6 nitrogen and oxygen atoms in total. The van der Waals surface area contributed by atoms with Crippen LogP contribution in [0, 0.1) is 0 Å². The molecule has 1 fully saturated rings. The first-order chi connectivity index (χ1) is 7.83. The molecule has 0 radical (unpaired) electrons. The molecule has 1 saturated heterocycles. The van der Waals surface area contributed by atoms with Crippen LogP contribution in [0.4, 0.5) is 11.6 Å². The van der Waals surface area contributed by atoms with Gasteiger partial charge in [0.15, 0.2) is 0 Å². The van der Waals surface area contributed by atoms with Crippen LogP contribution in [-0.4, -0.2) is 54.5 Å². The molecule has 2 N–H and O–H groups in total. The molecule has 88 valence electrons. The molecule has 16 heavy (non-hydrogen) atoms. The minimum absolute atomic E-state index is 0.0421. The number of aliphatic hydroxyl groups is 1. The fourth-order valence-electron chi connectivity index (χ4n) is 1.69. The second-order valence-electron chi connectivity index (χ2n) is 3.63. The van der Waals surface area contributed by atoms with Crippen molar-refractivity contribution in [3.63, 3.8) is 0 Å². The summed E-state index contributed by atoms with van der Waals surface area (Å²) in [6, 6.07) is 1.89. The van der Waals surface area contributed by atoms with Gasteiger partial charge in [0, 0.05) is 26.2 Å². The van der Waals surface area contributed by atoms with Crippen LogP contribution in [0.5, 0.6) is 0 Å². The highest BCUT2D eigenvalue weighted by atomic mass is 16.5. The normalized spacial score (nSPS) is 20.9. The van der Waals surface area contributed by atoms with Crippen molar-refractivity contribution in [1.29, 1.82) is 0 Å². The second kappa shape index (κ2) is 5.09. The third-order valence-electron chi connectivity index (χ3n) is 2.58. The maximum atomic E-state index is 9.06. The van der Waals surface area contributed by atoms with E-state index in [4.69, 9.17) is 9.84 Å². The Balaban J connectivity index is 2.10. The van der Waals surface area contributed by atoms with Gasteiger partial charge < -0.3 is 20.1 Å². The Kier molecular flexibility index (Phi) is 3.53. The van der Waals surface area contributed by atoms with Crippen molar-refractivity contribution >= 4 is 11.6 Å². The highest BCUT2D eigenvalue weighted by Crippen LogP contribution is 2.16. The minimum atomic E-state index is -0.123. The molecular weight excluding hydrogens is 208 g/mol. The van der Waals surface area contributed by atoms with Gasteiger partial charge in [-0.2, -0.15) is 0 Å². The van der Waals surface area contributed by atoms with Crippen molar-refractivity contribution in [1.82, 2.24) is 9.97 Å². The van der Waals surface area contributed by atoms with E-state index < -0.39 is 0 Å². The van der Waals surface area contributed by atoms with Crippen LogP contribution in [0.15, 0.2) is 12.4 Å². The average molecular weight is 224 g/mol.